The van der Waals surface area contributed by atoms with Crippen molar-refractivity contribution in [3.05, 3.63) is 59.9 Å². The van der Waals surface area contributed by atoms with Crippen molar-refractivity contribution in [2.75, 3.05) is 13.7 Å². The second-order valence-electron chi connectivity index (χ2n) is 5.91. The number of rotatable bonds is 4. The van der Waals surface area contributed by atoms with Crippen LogP contribution in [-0.4, -0.2) is 40.5 Å². The monoisotopic (exact) mass is 329 g/mol. The van der Waals surface area contributed by atoms with Crippen LogP contribution in [0.5, 0.6) is 0 Å². The molecule has 2 atom stereocenters. The summed E-state index contributed by atoms with van der Waals surface area (Å²) in [5.41, 5.74) is 1.42. The number of hydrogen-bond donors (Lipinski definition) is 1. The van der Waals surface area contributed by atoms with Gasteiger partial charge in [0.15, 0.2) is 0 Å². The number of imidazole rings is 1. The first-order chi connectivity index (χ1) is 11.6. The number of halogens is 1. The number of benzene rings is 1. The molecule has 126 valence electrons. The number of carbonyl (C=O) groups is 1. The number of likely N-dealkylation sites (tertiary alicyclic amines) is 1. The highest BCUT2D eigenvalue weighted by Crippen LogP contribution is 2.32. The van der Waals surface area contributed by atoms with Crippen LogP contribution in [0.3, 0.4) is 0 Å². The molecule has 1 aromatic heterocycles. The lowest BCUT2D eigenvalue weighted by atomic mass is 10.1. The molecule has 1 N–H and O–H groups in total. The summed E-state index contributed by atoms with van der Waals surface area (Å²) < 4.78 is 18.8. The van der Waals surface area contributed by atoms with Crippen molar-refractivity contribution in [1.82, 2.24) is 14.9 Å². The number of nitrogens with one attached hydrogen (secondary N) is 1. The Labute approximate surface area is 140 Å². The van der Waals surface area contributed by atoms with Gasteiger partial charge < -0.3 is 14.6 Å². The zero-order valence-electron chi connectivity index (χ0n) is 13.7. The van der Waals surface area contributed by atoms with Crippen LogP contribution in [0.15, 0.2) is 42.7 Å². The number of hydrogen-bond acceptors (Lipinski definition) is 3. The summed E-state index contributed by atoms with van der Waals surface area (Å²) in [5.74, 6) is 0.305. The number of carbonyl (C=O) groups excluding carboxylic acids is 1. The number of methoxy groups -OCH3 is 1. The SMILES string of the molecule is CO[C@@H]1CC(c2ncc[nH]2)N(C(=O)/C=C(\C)c2cccc(F)c2)C1. The molecular weight excluding hydrogens is 309 g/mol. The molecule has 6 heteroatoms. The average Bonchev–Trinajstić information content (AvgIpc) is 3.23. The Hall–Kier alpha value is -2.47. The molecule has 0 bridgehead atoms. The van der Waals surface area contributed by atoms with Crippen LogP contribution < -0.4 is 0 Å². The highest BCUT2D eigenvalue weighted by Gasteiger charge is 2.37. The quantitative estimate of drug-likeness (QED) is 0.878. The van der Waals surface area contributed by atoms with Crippen molar-refractivity contribution in [1.29, 1.82) is 0 Å². The number of allylic oxidation sites excluding steroid dienone is 1. The summed E-state index contributed by atoms with van der Waals surface area (Å²) >= 11 is 0. The molecule has 2 aromatic rings. The standard InChI is InChI=1S/C18H20FN3O2/c1-12(13-4-3-5-14(19)9-13)8-17(23)22-11-15(24-2)10-16(22)18-20-6-7-21-18/h3-9,15-16H,10-11H2,1-2H3,(H,20,21)/b12-8+/t15-,16?/m1/s1. The van der Waals surface area contributed by atoms with Crippen molar-refractivity contribution >= 4 is 11.5 Å². The fourth-order valence-corrected chi connectivity index (χ4v) is 3.02. The highest BCUT2D eigenvalue weighted by molar-refractivity contribution is 5.95. The average molecular weight is 329 g/mol. The van der Waals surface area contributed by atoms with Gasteiger partial charge in [-0.15, -0.1) is 0 Å². The largest absolute Gasteiger partial charge is 0.380 e. The smallest absolute Gasteiger partial charge is 0.247 e. The molecule has 0 saturated carbocycles. The molecule has 1 fully saturated rings. The Kier molecular flexibility index (Phi) is 4.76. The van der Waals surface area contributed by atoms with Gasteiger partial charge in [-0.05, 0) is 30.2 Å². The van der Waals surface area contributed by atoms with E-state index in [9.17, 15) is 9.18 Å². The van der Waals surface area contributed by atoms with Crippen molar-refractivity contribution in [2.45, 2.75) is 25.5 Å². The summed E-state index contributed by atoms with van der Waals surface area (Å²) in [5, 5.41) is 0. The molecule has 0 spiro atoms. The maximum atomic E-state index is 13.4. The molecule has 1 saturated heterocycles. The molecule has 1 amide bonds. The fraction of sp³-hybridized carbons (Fsp3) is 0.333. The van der Waals surface area contributed by atoms with Crippen LogP contribution in [-0.2, 0) is 9.53 Å². The first-order valence-electron chi connectivity index (χ1n) is 7.85. The molecule has 1 unspecified atom stereocenters. The van der Waals surface area contributed by atoms with Crippen LogP contribution in [0.4, 0.5) is 4.39 Å². The lowest BCUT2D eigenvalue weighted by molar-refractivity contribution is -0.127. The van der Waals surface area contributed by atoms with Gasteiger partial charge >= 0.3 is 0 Å². The Morgan fingerprint density at radius 2 is 2.33 bits per heavy atom. The van der Waals surface area contributed by atoms with Gasteiger partial charge in [-0.3, -0.25) is 4.79 Å². The Balaban J connectivity index is 1.83. The van der Waals surface area contributed by atoms with E-state index in [-0.39, 0.29) is 23.9 Å². The zero-order chi connectivity index (χ0) is 17.1. The molecule has 1 aliphatic rings. The molecule has 2 heterocycles. The molecule has 24 heavy (non-hydrogen) atoms. The van der Waals surface area contributed by atoms with E-state index in [1.807, 2.05) is 0 Å². The maximum absolute atomic E-state index is 13.4. The van der Waals surface area contributed by atoms with Gasteiger partial charge in [0, 0.05) is 38.5 Å². The Morgan fingerprint density at radius 3 is 3.00 bits per heavy atom. The van der Waals surface area contributed by atoms with Crippen molar-refractivity contribution in [3.63, 3.8) is 0 Å². The molecular formula is C18H20FN3O2. The highest BCUT2D eigenvalue weighted by atomic mass is 19.1. The molecule has 0 radical (unpaired) electrons. The van der Waals surface area contributed by atoms with E-state index in [2.05, 4.69) is 9.97 Å². The molecule has 0 aliphatic carbocycles. The third kappa shape index (κ3) is 3.38. The number of amides is 1. The third-order valence-corrected chi connectivity index (χ3v) is 4.33. The second kappa shape index (κ2) is 6.97. The second-order valence-corrected chi connectivity index (χ2v) is 5.91. The molecule has 3 rings (SSSR count). The Bertz CT molecular complexity index is 742. The van der Waals surface area contributed by atoms with Crippen LogP contribution >= 0.6 is 0 Å². The molecule has 5 nitrogen and oxygen atoms in total. The Morgan fingerprint density at radius 1 is 1.50 bits per heavy atom. The van der Waals surface area contributed by atoms with E-state index >= 15 is 0 Å². The van der Waals surface area contributed by atoms with Crippen LogP contribution in [0.2, 0.25) is 0 Å². The zero-order valence-corrected chi connectivity index (χ0v) is 13.7. The molecule has 1 aromatic carbocycles. The van der Waals surface area contributed by atoms with Gasteiger partial charge in [0.2, 0.25) is 5.91 Å². The van der Waals surface area contributed by atoms with Crippen LogP contribution in [0.1, 0.15) is 30.8 Å². The van der Waals surface area contributed by atoms with E-state index in [0.29, 0.717) is 18.5 Å². The van der Waals surface area contributed by atoms with E-state index < -0.39 is 0 Å². The maximum Gasteiger partial charge on any atom is 0.247 e. The van der Waals surface area contributed by atoms with Gasteiger partial charge in [0.25, 0.3) is 0 Å². The predicted octanol–water partition coefficient (Wildman–Crippen LogP) is 2.94. The van der Waals surface area contributed by atoms with Crippen molar-refractivity contribution in [2.24, 2.45) is 0 Å². The van der Waals surface area contributed by atoms with Gasteiger partial charge in [0.05, 0.1) is 12.1 Å². The van der Waals surface area contributed by atoms with E-state index in [0.717, 1.165) is 11.4 Å². The van der Waals surface area contributed by atoms with E-state index in [1.54, 1.807) is 49.5 Å². The third-order valence-electron chi connectivity index (χ3n) is 4.33. The van der Waals surface area contributed by atoms with Gasteiger partial charge in [-0.25, -0.2) is 9.37 Å². The number of H-pyrrole nitrogens is 1. The van der Waals surface area contributed by atoms with E-state index in [1.165, 1.54) is 12.1 Å². The fourth-order valence-electron chi connectivity index (χ4n) is 3.02. The summed E-state index contributed by atoms with van der Waals surface area (Å²) in [7, 11) is 1.64. The van der Waals surface area contributed by atoms with Crippen LogP contribution in [0.25, 0.3) is 5.57 Å². The van der Waals surface area contributed by atoms with Gasteiger partial charge in [0.1, 0.15) is 11.6 Å². The first-order valence-corrected chi connectivity index (χ1v) is 7.85. The van der Waals surface area contributed by atoms with Gasteiger partial charge in [-0.1, -0.05) is 12.1 Å². The van der Waals surface area contributed by atoms with Crippen molar-refractivity contribution < 1.29 is 13.9 Å². The van der Waals surface area contributed by atoms with Gasteiger partial charge in [-0.2, -0.15) is 0 Å². The van der Waals surface area contributed by atoms with Crippen molar-refractivity contribution in [3.8, 4) is 0 Å². The predicted molar refractivity (Wildman–Crippen MR) is 88.5 cm³/mol. The number of aromatic amines is 1. The summed E-state index contributed by atoms with van der Waals surface area (Å²) in [6.07, 6.45) is 5.63. The normalized spacial score (nSPS) is 21.3. The first kappa shape index (κ1) is 16.4. The summed E-state index contributed by atoms with van der Waals surface area (Å²) in [6, 6.07) is 6.08. The summed E-state index contributed by atoms with van der Waals surface area (Å²) in [4.78, 5) is 21.8. The number of nitrogens with zero attached hydrogens (tertiary/aromatic N) is 2. The number of ether oxygens (including phenoxy) is 1. The number of aromatic nitrogens is 2. The minimum Gasteiger partial charge on any atom is -0.380 e. The topological polar surface area (TPSA) is 58.2 Å². The minimum atomic E-state index is -0.318. The minimum absolute atomic E-state index is 0.0214. The molecule has 1 aliphatic heterocycles. The van der Waals surface area contributed by atoms with Crippen LogP contribution in [0, 0.1) is 5.82 Å². The van der Waals surface area contributed by atoms with E-state index in [4.69, 9.17) is 4.74 Å². The lowest BCUT2D eigenvalue weighted by Gasteiger charge is -2.21. The summed E-state index contributed by atoms with van der Waals surface area (Å²) in [6.45, 7) is 2.31. The lowest BCUT2D eigenvalue weighted by Crippen LogP contribution is -2.31.